The van der Waals surface area contributed by atoms with E-state index in [1.807, 2.05) is 48.2 Å². The normalized spacial score (nSPS) is 16.0. The van der Waals surface area contributed by atoms with Gasteiger partial charge in [-0.3, -0.25) is 14.5 Å². The van der Waals surface area contributed by atoms with E-state index in [1.165, 1.54) is 12.5 Å². The minimum atomic E-state index is -0.153. The number of thioether (sulfide) groups is 1. The molecule has 1 N–H and O–H groups in total. The SMILES string of the molecule is CC(=O)Nc1ccc(SC(C)C(=O)N2CCCN(Cc3ccc(Cl)cc3)CC2)cc1. The summed E-state index contributed by atoms with van der Waals surface area (Å²) < 4.78 is 0. The second-order valence-corrected chi connectivity index (χ2v) is 9.40. The van der Waals surface area contributed by atoms with E-state index in [-0.39, 0.29) is 17.1 Å². The Kier molecular flexibility index (Phi) is 8.19. The summed E-state index contributed by atoms with van der Waals surface area (Å²) in [5, 5.41) is 3.36. The fourth-order valence-electron chi connectivity index (χ4n) is 3.53. The Hall–Kier alpha value is -2.02. The molecule has 1 aliphatic rings. The van der Waals surface area contributed by atoms with E-state index >= 15 is 0 Å². The van der Waals surface area contributed by atoms with Crippen molar-refractivity contribution in [3.05, 3.63) is 59.1 Å². The molecule has 5 nitrogen and oxygen atoms in total. The number of carbonyl (C=O) groups is 2. The Labute approximate surface area is 187 Å². The molecule has 1 aliphatic heterocycles. The molecule has 3 rings (SSSR count). The maximum Gasteiger partial charge on any atom is 0.235 e. The van der Waals surface area contributed by atoms with Crippen molar-refractivity contribution in [2.45, 2.75) is 37.0 Å². The third-order valence-corrected chi connectivity index (χ3v) is 6.41. The van der Waals surface area contributed by atoms with Gasteiger partial charge in [-0.05, 0) is 55.3 Å². The molecule has 0 aliphatic carbocycles. The summed E-state index contributed by atoms with van der Waals surface area (Å²) in [5.74, 6) is 0.0875. The average molecular weight is 446 g/mol. The van der Waals surface area contributed by atoms with E-state index in [0.717, 1.165) is 54.8 Å². The van der Waals surface area contributed by atoms with E-state index < -0.39 is 0 Å². The summed E-state index contributed by atoms with van der Waals surface area (Å²) in [6.45, 7) is 7.73. The van der Waals surface area contributed by atoms with E-state index in [1.54, 1.807) is 11.8 Å². The maximum absolute atomic E-state index is 13.0. The van der Waals surface area contributed by atoms with Crippen molar-refractivity contribution in [1.29, 1.82) is 0 Å². The summed E-state index contributed by atoms with van der Waals surface area (Å²) in [5.41, 5.74) is 2.00. The molecule has 2 aromatic rings. The van der Waals surface area contributed by atoms with Crippen molar-refractivity contribution >= 4 is 40.9 Å². The molecule has 1 saturated heterocycles. The lowest BCUT2D eigenvalue weighted by atomic mass is 10.2. The number of hydrogen-bond acceptors (Lipinski definition) is 4. The fraction of sp³-hybridized carbons (Fsp3) is 0.391. The van der Waals surface area contributed by atoms with Gasteiger partial charge in [-0.1, -0.05) is 23.7 Å². The van der Waals surface area contributed by atoms with Crippen LogP contribution in [0.15, 0.2) is 53.4 Å². The molecule has 1 unspecified atom stereocenters. The molecule has 30 heavy (non-hydrogen) atoms. The fourth-order valence-corrected chi connectivity index (χ4v) is 4.61. The number of amides is 2. The first-order valence-corrected chi connectivity index (χ1v) is 11.5. The van der Waals surface area contributed by atoms with Gasteiger partial charge in [0.05, 0.1) is 5.25 Å². The first-order valence-electron chi connectivity index (χ1n) is 10.2. The van der Waals surface area contributed by atoms with Gasteiger partial charge in [-0.15, -0.1) is 11.8 Å². The number of anilines is 1. The topological polar surface area (TPSA) is 52.7 Å². The van der Waals surface area contributed by atoms with Crippen molar-refractivity contribution in [2.24, 2.45) is 0 Å². The van der Waals surface area contributed by atoms with Crippen LogP contribution in [-0.2, 0) is 16.1 Å². The highest BCUT2D eigenvalue weighted by Crippen LogP contribution is 2.26. The van der Waals surface area contributed by atoms with Crippen LogP contribution >= 0.6 is 23.4 Å². The van der Waals surface area contributed by atoms with Crippen LogP contribution in [0.1, 0.15) is 25.8 Å². The number of halogens is 1. The molecule has 1 heterocycles. The summed E-state index contributed by atoms with van der Waals surface area (Å²) in [7, 11) is 0. The quantitative estimate of drug-likeness (QED) is 0.664. The van der Waals surface area contributed by atoms with Crippen molar-refractivity contribution in [1.82, 2.24) is 9.80 Å². The number of benzene rings is 2. The number of hydrogen-bond donors (Lipinski definition) is 1. The summed E-state index contributed by atoms with van der Waals surface area (Å²) >= 11 is 7.53. The first kappa shape index (κ1) is 22.7. The Morgan fingerprint density at radius 2 is 1.73 bits per heavy atom. The van der Waals surface area contributed by atoms with Crippen LogP contribution in [-0.4, -0.2) is 53.0 Å². The highest BCUT2D eigenvalue weighted by Gasteiger charge is 2.24. The smallest absolute Gasteiger partial charge is 0.235 e. The van der Waals surface area contributed by atoms with Gasteiger partial charge in [-0.25, -0.2) is 0 Å². The highest BCUT2D eigenvalue weighted by molar-refractivity contribution is 8.00. The Bertz CT molecular complexity index is 858. The predicted molar refractivity (Wildman–Crippen MR) is 124 cm³/mol. The minimum Gasteiger partial charge on any atom is -0.340 e. The summed E-state index contributed by atoms with van der Waals surface area (Å²) in [6.07, 6.45) is 0.974. The molecule has 0 radical (unpaired) electrons. The van der Waals surface area contributed by atoms with Crippen LogP contribution in [0, 0.1) is 0 Å². The molecule has 0 aromatic heterocycles. The van der Waals surface area contributed by atoms with E-state index in [4.69, 9.17) is 11.6 Å². The van der Waals surface area contributed by atoms with Gasteiger partial charge in [0.25, 0.3) is 0 Å². The van der Waals surface area contributed by atoms with Crippen molar-refractivity contribution in [3.63, 3.8) is 0 Å². The minimum absolute atomic E-state index is 0.0924. The van der Waals surface area contributed by atoms with Crippen LogP contribution in [0.4, 0.5) is 5.69 Å². The lowest BCUT2D eigenvalue weighted by Crippen LogP contribution is -2.39. The van der Waals surface area contributed by atoms with Gasteiger partial charge >= 0.3 is 0 Å². The van der Waals surface area contributed by atoms with E-state index in [9.17, 15) is 9.59 Å². The zero-order valence-electron chi connectivity index (χ0n) is 17.4. The number of nitrogens with one attached hydrogen (secondary N) is 1. The third kappa shape index (κ3) is 6.76. The molecule has 160 valence electrons. The molecule has 2 aromatic carbocycles. The zero-order chi connectivity index (χ0) is 21.5. The van der Waals surface area contributed by atoms with Gasteiger partial charge < -0.3 is 10.2 Å². The van der Waals surface area contributed by atoms with Crippen molar-refractivity contribution in [3.8, 4) is 0 Å². The highest BCUT2D eigenvalue weighted by atomic mass is 35.5. The second-order valence-electron chi connectivity index (χ2n) is 7.55. The summed E-state index contributed by atoms with van der Waals surface area (Å²) in [6, 6.07) is 15.6. The Morgan fingerprint density at radius 1 is 1.03 bits per heavy atom. The van der Waals surface area contributed by atoms with Gasteiger partial charge in [0, 0.05) is 55.3 Å². The first-order chi connectivity index (χ1) is 14.4. The lowest BCUT2D eigenvalue weighted by molar-refractivity contribution is -0.130. The molecule has 1 atom stereocenters. The second kappa shape index (κ2) is 10.8. The number of carbonyl (C=O) groups excluding carboxylic acids is 2. The largest absolute Gasteiger partial charge is 0.340 e. The van der Waals surface area contributed by atoms with Crippen molar-refractivity contribution in [2.75, 3.05) is 31.5 Å². The molecule has 0 saturated carbocycles. The Morgan fingerprint density at radius 3 is 2.40 bits per heavy atom. The molecule has 0 spiro atoms. The third-order valence-electron chi connectivity index (χ3n) is 5.05. The molecule has 2 amide bonds. The molecule has 1 fully saturated rings. The predicted octanol–water partition coefficient (Wildman–Crippen LogP) is 4.51. The van der Waals surface area contributed by atoms with Gasteiger partial charge in [0.15, 0.2) is 0 Å². The van der Waals surface area contributed by atoms with Gasteiger partial charge in [0.1, 0.15) is 0 Å². The van der Waals surface area contributed by atoms with Crippen LogP contribution in [0.5, 0.6) is 0 Å². The van der Waals surface area contributed by atoms with Crippen LogP contribution in [0.25, 0.3) is 0 Å². The zero-order valence-corrected chi connectivity index (χ0v) is 19.0. The van der Waals surface area contributed by atoms with E-state index in [0.29, 0.717) is 0 Å². The number of rotatable bonds is 6. The Balaban J connectivity index is 1.50. The van der Waals surface area contributed by atoms with Crippen LogP contribution < -0.4 is 5.32 Å². The molecular weight excluding hydrogens is 418 g/mol. The van der Waals surface area contributed by atoms with Gasteiger partial charge in [0.2, 0.25) is 11.8 Å². The maximum atomic E-state index is 13.0. The standard InChI is InChI=1S/C23H28ClN3O2S/c1-17(30-22-10-8-21(9-11-22)25-18(2)28)23(29)27-13-3-12-26(14-15-27)16-19-4-6-20(24)7-5-19/h4-11,17H,3,12-16H2,1-2H3,(H,25,28). The summed E-state index contributed by atoms with van der Waals surface area (Å²) in [4.78, 5) is 29.5. The molecular formula is C23H28ClN3O2S. The van der Waals surface area contributed by atoms with Gasteiger partial charge in [-0.2, -0.15) is 0 Å². The lowest BCUT2D eigenvalue weighted by Gasteiger charge is -2.24. The van der Waals surface area contributed by atoms with Crippen LogP contribution in [0.3, 0.4) is 0 Å². The van der Waals surface area contributed by atoms with E-state index in [2.05, 4.69) is 22.3 Å². The van der Waals surface area contributed by atoms with Crippen molar-refractivity contribution < 1.29 is 9.59 Å². The van der Waals surface area contributed by atoms with Crippen LogP contribution in [0.2, 0.25) is 5.02 Å². The molecule has 0 bridgehead atoms. The molecule has 7 heteroatoms. The average Bonchev–Trinajstić information content (AvgIpc) is 2.96. The number of nitrogens with zero attached hydrogens (tertiary/aromatic N) is 2. The monoisotopic (exact) mass is 445 g/mol.